The summed E-state index contributed by atoms with van der Waals surface area (Å²) in [5.41, 5.74) is 0.123. The normalized spacial score (nSPS) is 16.5. The van der Waals surface area contributed by atoms with E-state index in [1.54, 1.807) is 17.2 Å². The second kappa shape index (κ2) is 10.4. The van der Waals surface area contributed by atoms with Crippen LogP contribution in [0.1, 0.15) is 39.0 Å². The van der Waals surface area contributed by atoms with Gasteiger partial charge in [0.1, 0.15) is 17.9 Å². The van der Waals surface area contributed by atoms with Gasteiger partial charge >= 0.3 is 5.69 Å². The zero-order chi connectivity index (χ0) is 30.8. The Balaban J connectivity index is 1.70. The Hall–Kier alpha value is -4.38. The van der Waals surface area contributed by atoms with Crippen LogP contribution in [0.25, 0.3) is 27.8 Å². The first-order chi connectivity index (χ1) is 20.4. The molecule has 0 unspecified atom stereocenters. The fraction of sp³-hybridized carbons (Fsp3) is 0.323. The number of nitrogens with zero attached hydrogens (tertiary/aromatic N) is 6. The Labute approximate surface area is 251 Å². The van der Waals surface area contributed by atoms with E-state index < -0.39 is 22.7 Å². The molecule has 1 atom stereocenters. The zero-order valence-electron chi connectivity index (χ0n) is 24.1. The van der Waals surface area contributed by atoms with Crippen molar-refractivity contribution in [2.75, 3.05) is 24.5 Å². The number of hydrogen-bond acceptors (Lipinski definition) is 7. The van der Waals surface area contributed by atoms with Crippen LogP contribution in [0.15, 0.2) is 48.0 Å². The second-order valence-electron chi connectivity index (χ2n) is 11.7. The predicted octanol–water partition coefficient (Wildman–Crippen LogP) is 5.19. The lowest BCUT2D eigenvalue weighted by molar-refractivity contribution is -0.126. The van der Waals surface area contributed by atoms with Gasteiger partial charge in [0.25, 0.3) is 0 Å². The smallest absolute Gasteiger partial charge is 0.356 e. The van der Waals surface area contributed by atoms with Crippen molar-refractivity contribution in [1.29, 1.82) is 0 Å². The van der Waals surface area contributed by atoms with Gasteiger partial charge in [-0.2, -0.15) is 4.98 Å². The maximum absolute atomic E-state index is 15.4. The molecule has 0 bridgehead atoms. The quantitative estimate of drug-likeness (QED) is 0.296. The highest BCUT2D eigenvalue weighted by Crippen LogP contribution is 2.49. The van der Waals surface area contributed by atoms with Crippen molar-refractivity contribution >= 4 is 34.2 Å². The van der Waals surface area contributed by atoms with E-state index in [1.807, 2.05) is 32.6 Å². The van der Waals surface area contributed by atoms with E-state index in [0.717, 1.165) is 6.07 Å². The number of ether oxygens (including phenoxy) is 1. The molecule has 1 saturated heterocycles. The Bertz CT molecular complexity index is 1890. The number of fused-ring (bicyclic) bond motifs is 5. The second-order valence-corrected chi connectivity index (χ2v) is 12.1. The molecule has 1 amide bonds. The summed E-state index contributed by atoms with van der Waals surface area (Å²) >= 11 is 6.85. The first kappa shape index (κ1) is 28.7. The molecule has 0 saturated carbocycles. The SMILES string of the molecule is C=CC(=O)N1CCN(c2nc(=O)n(-c3nccnc3C(C)(C)C)c3c4c(c(Cl)cc23)-c2c(ccc(F)c2F)CO4)[C@@H](C)C1. The largest absolute Gasteiger partial charge is 0.486 e. The first-order valence-electron chi connectivity index (χ1n) is 13.8. The number of halogens is 3. The molecule has 1 fully saturated rings. The summed E-state index contributed by atoms with van der Waals surface area (Å²) in [6, 6.07) is 3.86. The molecule has 222 valence electrons. The zero-order valence-corrected chi connectivity index (χ0v) is 24.9. The van der Waals surface area contributed by atoms with Gasteiger partial charge < -0.3 is 14.5 Å². The van der Waals surface area contributed by atoms with Crippen molar-refractivity contribution in [3.05, 3.63) is 81.6 Å². The maximum atomic E-state index is 15.4. The van der Waals surface area contributed by atoms with E-state index in [2.05, 4.69) is 21.5 Å². The summed E-state index contributed by atoms with van der Waals surface area (Å²) in [6.07, 6.45) is 4.29. The number of piperazine rings is 1. The molecule has 0 aliphatic carbocycles. The van der Waals surface area contributed by atoms with Crippen LogP contribution in [0.5, 0.6) is 5.75 Å². The van der Waals surface area contributed by atoms with Gasteiger partial charge in [-0.1, -0.05) is 45.0 Å². The molecule has 2 aliphatic heterocycles. The number of carbonyl (C=O) groups is 1. The Morgan fingerprint density at radius 3 is 2.58 bits per heavy atom. The Kier molecular flexibility index (Phi) is 6.95. The van der Waals surface area contributed by atoms with Crippen LogP contribution >= 0.6 is 11.6 Å². The monoisotopic (exact) mass is 606 g/mol. The van der Waals surface area contributed by atoms with Crippen LogP contribution in [0.2, 0.25) is 5.02 Å². The highest BCUT2D eigenvalue weighted by atomic mass is 35.5. The summed E-state index contributed by atoms with van der Waals surface area (Å²) < 4.78 is 37.4. The molecule has 0 N–H and O–H groups in total. The van der Waals surface area contributed by atoms with E-state index in [1.165, 1.54) is 22.9 Å². The van der Waals surface area contributed by atoms with E-state index in [9.17, 15) is 14.0 Å². The minimum atomic E-state index is -1.06. The molecule has 12 heteroatoms. The topological polar surface area (TPSA) is 93.5 Å². The summed E-state index contributed by atoms with van der Waals surface area (Å²) in [6.45, 7) is 12.4. The third-order valence-corrected chi connectivity index (χ3v) is 8.15. The van der Waals surface area contributed by atoms with Crippen molar-refractivity contribution < 1.29 is 18.3 Å². The lowest BCUT2D eigenvalue weighted by atomic mass is 9.91. The molecule has 2 aliphatic rings. The molecular formula is C31H29ClF2N6O3. The number of aromatic nitrogens is 4. The Morgan fingerprint density at radius 2 is 1.88 bits per heavy atom. The van der Waals surface area contributed by atoms with E-state index >= 15 is 4.39 Å². The van der Waals surface area contributed by atoms with Crippen LogP contribution in [0, 0.1) is 11.6 Å². The molecule has 0 radical (unpaired) electrons. The number of hydrogen-bond donors (Lipinski definition) is 0. The van der Waals surface area contributed by atoms with Gasteiger partial charge in [-0.15, -0.1) is 0 Å². The molecule has 9 nitrogen and oxygen atoms in total. The predicted molar refractivity (Wildman–Crippen MR) is 160 cm³/mol. The highest BCUT2D eigenvalue weighted by Gasteiger charge is 2.35. The standard InChI is InChI=1S/C31H29ClF2N6O3/c1-6-21(41)38-11-12-39(16(2)14-38)28-18-13-19(32)23-22-17(7-8-20(33)24(22)34)15-43-26(23)25(18)40(30(42)37-28)29-27(31(3,4)5)35-9-10-36-29/h6-10,13,16H,1,11-12,14-15H2,2-5H3/t16-/m0/s1. The van der Waals surface area contributed by atoms with Crippen molar-refractivity contribution in [3.63, 3.8) is 0 Å². The number of anilines is 1. The van der Waals surface area contributed by atoms with Gasteiger partial charge in [0.05, 0.1) is 10.7 Å². The van der Waals surface area contributed by atoms with Crippen LogP contribution < -0.4 is 15.3 Å². The minimum absolute atomic E-state index is 0.0226. The third kappa shape index (κ3) is 4.62. The van der Waals surface area contributed by atoms with Crippen LogP contribution in [0.4, 0.5) is 14.6 Å². The first-order valence-corrected chi connectivity index (χ1v) is 14.2. The van der Waals surface area contributed by atoms with Crippen molar-refractivity contribution in [2.24, 2.45) is 0 Å². The van der Waals surface area contributed by atoms with Crippen LogP contribution in [0.3, 0.4) is 0 Å². The average Bonchev–Trinajstić information content (AvgIpc) is 2.98. The molecule has 43 heavy (non-hydrogen) atoms. The number of benzene rings is 2. The molecule has 4 aromatic rings. The minimum Gasteiger partial charge on any atom is -0.486 e. The number of rotatable bonds is 3. The van der Waals surface area contributed by atoms with Gasteiger partial charge in [-0.3, -0.25) is 9.78 Å². The maximum Gasteiger partial charge on any atom is 0.356 e. The Morgan fingerprint density at radius 1 is 1.14 bits per heavy atom. The summed E-state index contributed by atoms with van der Waals surface area (Å²) in [7, 11) is 0. The molecule has 2 aromatic carbocycles. The number of amides is 1. The van der Waals surface area contributed by atoms with Gasteiger partial charge in [0.15, 0.2) is 23.2 Å². The number of carbonyl (C=O) groups excluding carboxylic acids is 1. The summed E-state index contributed by atoms with van der Waals surface area (Å²) in [5.74, 6) is -1.60. The molecule has 6 rings (SSSR count). The summed E-state index contributed by atoms with van der Waals surface area (Å²) in [4.78, 5) is 43.6. The lowest BCUT2D eigenvalue weighted by Crippen LogP contribution is -2.54. The fourth-order valence-corrected chi connectivity index (χ4v) is 6.14. The average molecular weight is 607 g/mol. The van der Waals surface area contributed by atoms with Gasteiger partial charge in [0, 0.05) is 65.6 Å². The van der Waals surface area contributed by atoms with Crippen molar-refractivity contribution in [3.8, 4) is 22.7 Å². The van der Waals surface area contributed by atoms with Gasteiger partial charge in [-0.05, 0) is 25.1 Å². The molecule has 4 heterocycles. The third-order valence-electron chi connectivity index (χ3n) is 7.85. The summed E-state index contributed by atoms with van der Waals surface area (Å²) in [5, 5.41) is 0.550. The van der Waals surface area contributed by atoms with E-state index in [-0.39, 0.29) is 51.8 Å². The van der Waals surface area contributed by atoms with Crippen LogP contribution in [-0.4, -0.2) is 56.0 Å². The van der Waals surface area contributed by atoms with Crippen molar-refractivity contribution in [1.82, 2.24) is 24.4 Å². The van der Waals surface area contributed by atoms with Gasteiger partial charge in [0.2, 0.25) is 5.91 Å². The van der Waals surface area contributed by atoms with Gasteiger partial charge in [-0.25, -0.2) is 23.1 Å². The molecule has 2 aromatic heterocycles. The van der Waals surface area contributed by atoms with Crippen LogP contribution in [-0.2, 0) is 16.8 Å². The lowest BCUT2D eigenvalue weighted by Gasteiger charge is -2.40. The fourth-order valence-electron chi connectivity index (χ4n) is 5.85. The van der Waals surface area contributed by atoms with Crippen molar-refractivity contribution in [2.45, 2.75) is 45.8 Å². The van der Waals surface area contributed by atoms with E-state index in [0.29, 0.717) is 42.1 Å². The molecule has 0 spiro atoms. The molecular weight excluding hydrogens is 578 g/mol. The highest BCUT2D eigenvalue weighted by molar-refractivity contribution is 6.35. The van der Waals surface area contributed by atoms with E-state index in [4.69, 9.17) is 16.3 Å².